The highest BCUT2D eigenvalue weighted by atomic mass is 35.5. The topological polar surface area (TPSA) is 75.4 Å². The molecular formula is C12H27ClN2O2S. The third-order valence-electron chi connectivity index (χ3n) is 2.56. The normalized spacial score (nSPS) is 14.6. The highest BCUT2D eigenvalue weighted by Gasteiger charge is 2.22. The van der Waals surface area contributed by atoms with Gasteiger partial charge < -0.3 is 16.2 Å². The molecule has 0 aromatic heterocycles. The van der Waals surface area contributed by atoms with Gasteiger partial charge in [-0.15, -0.1) is 12.4 Å². The lowest BCUT2D eigenvalue weighted by Crippen LogP contribution is -2.44. The van der Waals surface area contributed by atoms with E-state index in [0.717, 1.165) is 5.75 Å². The van der Waals surface area contributed by atoms with E-state index in [9.17, 15) is 9.90 Å². The van der Waals surface area contributed by atoms with E-state index < -0.39 is 6.04 Å². The first-order chi connectivity index (χ1) is 7.78. The van der Waals surface area contributed by atoms with Gasteiger partial charge in [0.2, 0.25) is 5.91 Å². The Labute approximate surface area is 121 Å². The molecule has 0 heterocycles. The van der Waals surface area contributed by atoms with E-state index in [-0.39, 0.29) is 29.8 Å². The Morgan fingerprint density at radius 2 is 2.06 bits per heavy atom. The second kappa shape index (κ2) is 9.89. The van der Waals surface area contributed by atoms with Gasteiger partial charge in [-0.2, -0.15) is 11.8 Å². The molecule has 0 spiro atoms. The van der Waals surface area contributed by atoms with Crippen LogP contribution in [0.1, 0.15) is 33.6 Å². The zero-order chi connectivity index (χ0) is 13.5. The number of rotatable bonds is 8. The number of halogens is 1. The van der Waals surface area contributed by atoms with Gasteiger partial charge in [0, 0.05) is 6.54 Å². The SMILES string of the molecule is CSCC[C@H](N)C(=O)NCC(C)(C)CC(C)O.Cl. The van der Waals surface area contributed by atoms with Crippen LogP contribution in [0, 0.1) is 5.41 Å². The number of hydrogen-bond donors (Lipinski definition) is 3. The number of carbonyl (C=O) groups is 1. The van der Waals surface area contributed by atoms with Gasteiger partial charge in [0.1, 0.15) is 0 Å². The summed E-state index contributed by atoms with van der Waals surface area (Å²) in [5, 5.41) is 12.2. The van der Waals surface area contributed by atoms with Gasteiger partial charge in [0.05, 0.1) is 12.1 Å². The number of thioether (sulfide) groups is 1. The van der Waals surface area contributed by atoms with Gasteiger partial charge >= 0.3 is 0 Å². The molecule has 4 nitrogen and oxygen atoms in total. The number of carbonyl (C=O) groups excluding carboxylic acids is 1. The fourth-order valence-corrected chi connectivity index (χ4v) is 2.19. The fraction of sp³-hybridized carbons (Fsp3) is 0.917. The monoisotopic (exact) mass is 298 g/mol. The van der Waals surface area contributed by atoms with Crippen LogP contribution in [0.5, 0.6) is 0 Å². The Morgan fingerprint density at radius 1 is 1.50 bits per heavy atom. The Kier molecular flexibility index (Phi) is 11.2. The minimum atomic E-state index is -0.426. The summed E-state index contributed by atoms with van der Waals surface area (Å²) in [5.74, 6) is 0.795. The van der Waals surface area contributed by atoms with E-state index in [1.54, 1.807) is 18.7 Å². The minimum absolute atomic E-state index is 0. The van der Waals surface area contributed by atoms with E-state index in [1.807, 2.05) is 20.1 Å². The van der Waals surface area contributed by atoms with Crippen LogP contribution >= 0.6 is 24.2 Å². The van der Waals surface area contributed by atoms with Crippen LogP contribution in [0.15, 0.2) is 0 Å². The van der Waals surface area contributed by atoms with Crippen LogP contribution in [-0.2, 0) is 4.79 Å². The Morgan fingerprint density at radius 3 is 2.50 bits per heavy atom. The fourth-order valence-electron chi connectivity index (χ4n) is 1.71. The second-order valence-corrected chi connectivity index (χ2v) is 6.31. The van der Waals surface area contributed by atoms with Crippen molar-refractivity contribution >= 4 is 30.1 Å². The molecule has 2 atom stereocenters. The molecule has 0 saturated carbocycles. The maximum absolute atomic E-state index is 11.7. The molecule has 0 bridgehead atoms. The van der Waals surface area contributed by atoms with Gasteiger partial charge in [0.25, 0.3) is 0 Å². The molecule has 0 aliphatic carbocycles. The van der Waals surface area contributed by atoms with Gasteiger partial charge in [-0.05, 0) is 37.2 Å². The van der Waals surface area contributed by atoms with Gasteiger partial charge in [-0.25, -0.2) is 0 Å². The van der Waals surface area contributed by atoms with E-state index in [0.29, 0.717) is 19.4 Å². The zero-order valence-electron chi connectivity index (χ0n) is 11.7. The van der Waals surface area contributed by atoms with Crippen molar-refractivity contribution in [2.24, 2.45) is 11.1 Å². The average molecular weight is 299 g/mol. The standard InChI is InChI=1S/C12H26N2O2S.ClH/c1-9(15)7-12(2,3)8-14-11(16)10(13)5-6-17-4;/h9-10,15H,5-8,13H2,1-4H3,(H,14,16);1H/t9?,10-;/m0./s1. The molecule has 0 aliphatic rings. The quantitative estimate of drug-likeness (QED) is 0.633. The maximum atomic E-state index is 11.7. The molecule has 0 aliphatic heterocycles. The number of hydrogen-bond acceptors (Lipinski definition) is 4. The van der Waals surface area contributed by atoms with Gasteiger partial charge in [-0.1, -0.05) is 13.8 Å². The number of nitrogens with one attached hydrogen (secondary N) is 1. The molecule has 0 saturated heterocycles. The third kappa shape index (κ3) is 10.00. The number of aliphatic hydroxyl groups is 1. The molecule has 0 aromatic carbocycles. The van der Waals surface area contributed by atoms with Crippen molar-refractivity contribution in [3.05, 3.63) is 0 Å². The third-order valence-corrected chi connectivity index (χ3v) is 3.20. The predicted octanol–water partition coefficient (Wildman–Crippen LogP) is 1.40. The molecule has 110 valence electrons. The summed E-state index contributed by atoms with van der Waals surface area (Å²) >= 11 is 1.69. The van der Waals surface area contributed by atoms with Crippen LogP contribution in [-0.4, -0.2) is 41.7 Å². The zero-order valence-corrected chi connectivity index (χ0v) is 13.4. The number of aliphatic hydroxyl groups excluding tert-OH is 1. The first kappa shape index (κ1) is 20.3. The van der Waals surface area contributed by atoms with E-state index in [4.69, 9.17) is 5.73 Å². The molecule has 1 amide bonds. The summed E-state index contributed by atoms with van der Waals surface area (Å²) in [6.07, 6.45) is 3.00. The Balaban J connectivity index is 0. The number of amides is 1. The second-order valence-electron chi connectivity index (χ2n) is 5.32. The van der Waals surface area contributed by atoms with Crippen molar-refractivity contribution < 1.29 is 9.90 Å². The smallest absolute Gasteiger partial charge is 0.236 e. The number of nitrogens with two attached hydrogens (primary N) is 1. The van der Waals surface area contributed by atoms with Crippen molar-refractivity contribution in [1.82, 2.24) is 5.32 Å². The summed E-state index contributed by atoms with van der Waals surface area (Å²) in [6.45, 7) is 6.35. The van der Waals surface area contributed by atoms with Crippen LogP contribution in [0.4, 0.5) is 0 Å². The van der Waals surface area contributed by atoms with Crippen LogP contribution in [0.25, 0.3) is 0 Å². The molecule has 18 heavy (non-hydrogen) atoms. The first-order valence-electron chi connectivity index (χ1n) is 5.99. The molecule has 0 radical (unpaired) electrons. The van der Waals surface area contributed by atoms with E-state index in [1.165, 1.54) is 0 Å². The van der Waals surface area contributed by atoms with Crippen molar-refractivity contribution in [3.8, 4) is 0 Å². The highest BCUT2D eigenvalue weighted by Crippen LogP contribution is 2.21. The summed E-state index contributed by atoms with van der Waals surface area (Å²) in [7, 11) is 0. The van der Waals surface area contributed by atoms with Crippen LogP contribution in [0.2, 0.25) is 0 Å². The van der Waals surface area contributed by atoms with Crippen LogP contribution in [0.3, 0.4) is 0 Å². The Hall–Kier alpha value is 0.0300. The lowest BCUT2D eigenvalue weighted by Gasteiger charge is -2.27. The maximum Gasteiger partial charge on any atom is 0.236 e. The van der Waals surface area contributed by atoms with Crippen molar-refractivity contribution in [2.75, 3.05) is 18.6 Å². The molecule has 0 rings (SSSR count). The largest absolute Gasteiger partial charge is 0.393 e. The molecule has 6 heteroatoms. The van der Waals surface area contributed by atoms with Gasteiger partial charge in [0.15, 0.2) is 0 Å². The van der Waals surface area contributed by atoms with Crippen LogP contribution < -0.4 is 11.1 Å². The first-order valence-corrected chi connectivity index (χ1v) is 7.38. The molecule has 4 N–H and O–H groups in total. The van der Waals surface area contributed by atoms with Crippen molar-refractivity contribution in [3.63, 3.8) is 0 Å². The lowest BCUT2D eigenvalue weighted by molar-refractivity contribution is -0.122. The summed E-state index contributed by atoms with van der Waals surface area (Å²) in [6, 6.07) is -0.426. The Bertz CT molecular complexity index is 238. The lowest BCUT2D eigenvalue weighted by atomic mass is 9.87. The van der Waals surface area contributed by atoms with E-state index >= 15 is 0 Å². The predicted molar refractivity (Wildman–Crippen MR) is 81.3 cm³/mol. The average Bonchev–Trinajstić information content (AvgIpc) is 2.20. The molecular weight excluding hydrogens is 272 g/mol. The summed E-state index contributed by atoms with van der Waals surface area (Å²) in [4.78, 5) is 11.7. The minimum Gasteiger partial charge on any atom is -0.393 e. The summed E-state index contributed by atoms with van der Waals surface area (Å²) < 4.78 is 0. The highest BCUT2D eigenvalue weighted by molar-refractivity contribution is 7.98. The molecule has 0 aromatic rings. The summed E-state index contributed by atoms with van der Waals surface area (Å²) in [5.41, 5.74) is 5.65. The van der Waals surface area contributed by atoms with Crippen molar-refractivity contribution in [2.45, 2.75) is 45.8 Å². The van der Waals surface area contributed by atoms with Crippen molar-refractivity contribution in [1.29, 1.82) is 0 Å². The van der Waals surface area contributed by atoms with Gasteiger partial charge in [-0.3, -0.25) is 4.79 Å². The van der Waals surface area contributed by atoms with E-state index in [2.05, 4.69) is 5.32 Å². The molecule has 1 unspecified atom stereocenters. The molecule has 0 fully saturated rings.